The van der Waals surface area contributed by atoms with E-state index >= 15 is 0 Å². The Balaban J connectivity index is 2.91. The van der Waals surface area contributed by atoms with Gasteiger partial charge in [0.2, 0.25) is 0 Å². The molecule has 0 aliphatic rings. The first kappa shape index (κ1) is 9.98. The molecule has 0 aliphatic carbocycles. The molecule has 0 saturated heterocycles. The van der Waals surface area contributed by atoms with Crippen LogP contribution >= 0.6 is 11.6 Å². The lowest BCUT2D eigenvalue weighted by molar-refractivity contribution is 0.0687. The fourth-order valence-corrected chi connectivity index (χ4v) is 1.97. The fraction of sp³-hybridized carbons (Fsp3) is 0.100. The molecular weight excluding hydrogens is 221 g/mol. The van der Waals surface area contributed by atoms with Crippen molar-refractivity contribution in [2.24, 2.45) is 7.05 Å². The summed E-state index contributed by atoms with van der Waals surface area (Å²) in [6.45, 7) is 0. The molecule has 0 saturated carbocycles. The molecule has 0 amide bonds. The van der Waals surface area contributed by atoms with Crippen LogP contribution in [0.25, 0.3) is 10.9 Å². The molecule has 2 aromatic rings. The van der Waals surface area contributed by atoms with Crippen molar-refractivity contribution in [2.75, 3.05) is 0 Å². The molecule has 0 radical (unpaired) electrons. The van der Waals surface area contributed by atoms with E-state index in [2.05, 4.69) is 0 Å². The van der Waals surface area contributed by atoms with Gasteiger partial charge in [0.15, 0.2) is 0 Å². The van der Waals surface area contributed by atoms with Gasteiger partial charge < -0.3 is 9.67 Å². The maximum atomic E-state index is 13.0. The maximum Gasteiger partial charge on any atom is 0.354 e. The third-order valence-corrected chi connectivity index (χ3v) is 2.69. The first-order valence-corrected chi connectivity index (χ1v) is 4.57. The third kappa shape index (κ3) is 1.37. The quantitative estimate of drug-likeness (QED) is 0.814. The SMILES string of the molecule is Cn1c(C(=O)O)c(Cl)c2ccc(F)cc21. The van der Waals surface area contributed by atoms with Crippen LogP contribution in [0.1, 0.15) is 10.5 Å². The predicted molar refractivity (Wildman–Crippen MR) is 54.8 cm³/mol. The number of fused-ring (bicyclic) bond motifs is 1. The number of carbonyl (C=O) groups is 1. The van der Waals surface area contributed by atoms with Gasteiger partial charge in [-0.3, -0.25) is 0 Å². The number of benzene rings is 1. The van der Waals surface area contributed by atoms with Gasteiger partial charge >= 0.3 is 5.97 Å². The molecule has 3 nitrogen and oxygen atoms in total. The second kappa shape index (κ2) is 3.24. The largest absolute Gasteiger partial charge is 0.477 e. The topological polar surface area (TPSA) is 42.2 Å². The van der Waals surface area contributed by atoms with Crippen molar-refractivity contribution >= 4 is 28.5 Å². The van der Waals surface area contributed by atoms with E-state index in [0.717, 1.165) is 0 Å². The first-order valence-electron chi connectivity index (χ1n) is 4.19. The van der Waals surface area contributed by atoms with Gasteiger partial charge in [0.05, 0.1) is 10.5 Å². The highest BCUT2D eigenvalue weighted by Crippen LogP contribution is 2.30. The van der Waals surface area contributed by atoms with Crippen LogP contribution in [-0.2, 0) is 7.05 Å². The summed E-state index contributed by atoms with van der Waals surface area (Å²) in [4.78, 5) is 10.9. The first-order chi connectivity index (χ1) is 7.02. The molecule has 1 heterocycles. The Morgan fingerprint density at radius 3 is 2.80 bits per heavy atom. The van der Waals surface area contributed by atoms with Crippen LogP contribution < -0.4 is 0 Å². The number of aromatic carboxylic acids is 1. The average molecular weight is 228 g/mol. The molecule has 0 unspecified atom stereocenters. The van der Waals surface area contributed by atoms with E-state index in [1.807, 2.05) is 0 Å². The Labute approximate surface area is 89.7 Å². The average Bonchev–Trinajstić information content (AvgIpc) is 2.39. The lowest BCUT2D eigenvalue weighted by atomic mass is 10.2. The number of carboxylic acids is 1. The van der Waals surface area contributed by atoms with Crippen molar-refractivity contribution in [3.63, 3.8) is 0 Å². The zero-order valence-corrected chi connectivity index (χ0v) is 8.55. The van der Waals surface area contributed by atoms with Gasteiger partial charge in [-0.25, -0.2) is 9.18 Å². The van der Waals surface area contributed by atoms with Crippen molar-refractivity contribution in [1.29, 1.82) is 0 Å². The molecule has 0 bridgehead atoms. The summed E-state index contributed by atoms with van der Waals surface area (Å²) in [6, 6.07) is 3.98. The van der Waals surface area contributed by atoms with E-state index in [1.165, 1.54) is 29.8 Å². The van der Waals surface area contributed by atoms with E-state index in [4.69, 9.17) is 16.7 Å². The van der Waals surface area contributed by atoms with Gasteiger partial charge in [0, 0.05) is 12.4 Å². The van der Waals surface area contributed by atoms with Crippen LogP contribution in [0.5, 0.6) is 0 Å². The minimum atomic E-state index is -1.13. The predicted octanol–water partition coefficient (Wildman–Crippen LogP) is 2.67. The monoisotopic (exact) mass is 227 g/mol. The van der Waals surface area contributed by atoms with E-state index in [9.17, 15) is 9.18 Å². The van der Waals surface area contributed by atoms with Crippen LogP contribution in [0, 0.1) is 5.82 Å². The molecule has 0 atom stereocenters. The molecule has 0 aliphatic heterocycles. The van der Waals surface area contributed by atoms with Crippen LogP contribution in [0.3, 0.4) is 0 Å². The standard InChI is InChI=1S/C10H7ClFNO2/c1-13-7-4-5(12)2-3-6(7)8(11)9(13)10(14)15/h2-4H,1H3,(H,14,15). The number of aromatic nitrogens is 1. The summed E-state index contributed by atoms with van der Waals surface area (Å²) in [5.74, 6) is -1.55. The van der Waals surface area contributed by atoms with Gasteiger partial charge in [0.25, 0.3) is 0 Å². The van der Waals surface area contributed by atoms with Gasteiger partial charge in [-0.1, -0.05) is 11.6 Å². The lowest BCUT2D eigenvalue weighted by Crippen LogP contribution is -2.04. The molecular formula is C10H7ClFNO2. The number of hydrogen-bond donors (Lipinski definition) is 1. The molecule has 2 rings (SSSR count). The van der Waals surface area contributed by atoms with Gasteiger partial charge in [-0.15, -0.1) is 0 Å². The van der Waals surface area contributed by atoms with Crippen molar-refractivity contribution in [1.82, 2.24) is 4.57 Å². The summed E-state index contributed by atoms with van der Waals surface area (Å²) in [7, 11) is 1.54. The zero-order valence-electron chi connectivity index (χ0n) is 7.79. The molecule has 1 aromatic heterocycles. The Bertz CT molecular complexity index is 562. The van der Waals surface area contributed by atoms with Gasteiger partial charge in [-0.2, -0.15) is 0 Å². The Hall–Kier alpha value is -1.55. The number of halogens is 2. The summed E-state index contributed by atoms with van der Waals surface area (Å²) in [5, 5.41) is 9.60. The number of aryl methyl sites for hydroxylation is 1. The van der Waals surface area contributed by atoms with E-state index in [-0.39, 0.29) is 10.7 Å². The second-order valence-electron chi connectivity index (χ2n) is 3.19. The molecule has 0 fully saturated rings. The van der Waals surface area contributed by atoms with Gasteiger partial charge in [-0.05, 0) is 18.2 Å². The number of rotatable bonds is 1. The molecule has 78 valence electrons. The van der Waals surface area contributed by atoms with Crippen LogP contribution in [0.15, 0.2) is 18.2 Å². The highest BCUT2D eigenvalue weighted by Gasteiger charge is 2.19. The minimum Gasteiger partial charge on any atom is -0.477 e. The van der Waals surface area contributed by atoms with Crippen LogP contribution in [-0.4, -0.2) is 15.6 Å². The molecule has 1 aromatic carbocycles. The summed E-state index contributed by atoms with van der Waals surface area (Å²) in [6.07, 6.45) is 0. The Morgan fingerprint density at radius 2 is 2.20 bits per heavy atom. The zero-order chi connectivity index (χ0) is 11.2. The summed E-state index contributed by atoms with van der Waals surface area (Å²) in [5.41, 5.74) is 0.440. The number of nitrogens with zero attached hydrogens (tertiary/aromatic N) is 1. The highest BCUT2D eigenvalue weighted by molar-refractivity contribution is 6.38. The van der Waals surface area contributed by atoms with Crippen molar-refractivity contribution in [3.05, 3.63) is 34.7 Å². The van der Waals surface area contributed by atoms with Crippen molar-refractivity contribution < 1.29 is 14.3 Å². The highest BCUT2D eigenvalue weighted by atomic mass is 35.5. The molecule has 0 spiro atoms. The van der Waals surface area contributed by atoms with Crippen molar-refractivity contribution in [2.45, 2.75) is 0 Å². The Morgan fingerprint density at radius 1 is 1.53 bits per heavy atom. The van der Waals surface area contributed by atoms with Gasteiger partial charge in [0.1, 0.15) is 11.5 Å². The maximum absolute atomic E-state index is 13.0. The van der Waals surface area contributed by atoms with Crippen molar-refractivity contribution in [3.8, 4) is 0 Å². The smallest absolute Gasteiger partial charge is 0.354 e. The normalized spacial score (nSPS) is 10.9. The molecule has 1 N–H and O–H groups in total. The minimum absolute atomic E-state index is 0.0303. The molecule has 5 heteroatoms. The molecule has 15 heavy (non-hydrogen) atoms. The summed E-state index contributed by atoms with van der Waals surface area (Å²) < 4.78 is 14.3. The number of hydrogen-bond acceptors (Lipinski definition) is 1. The summed E-state index contributed by atoms with van der Waals surface area (Å²) >= 11 is 5.89. The fourth-order valence-electron chi connectivity index (χ4n) is 1.60. The van der Waals surface area contributed by atoms with E-state index in [1.54, 1.807) is 0 Å². The van der Waals surface area contributed by atoms with E-state index < -0.39 is 11.8 Å². The second-order valence-corrected chi connectivity index (χ2v) is 3.57. The van der Waals surface area contributed by atoms with Crippen LogP contribution in [0.4, 0.5) is 4.39 Å². The van der Waals surface area contributed by atoms with E-state index in [0.29, 0.717) is 10.9 Å². The van der Waals surface area contributed by atoms with Crippen LogP contribution in [0.2, 0.25) is 5.02 Å². The number of carboxylic acid groups (broad SMARTS) is 1. The Kier molecular flexibility index (Phi) is 2.16. The third-order valence-electron chi connectivity index (χ3n) is 2.30. The lowest BCUT2D eigenvalue weighted by Gasteiger charge is -1.98.